The van der Waals surface area contributed by atoms with Gasteiger partial charge in [-0.1, -0.05) is 68.5 Å². The van der Waals surface area contributed by atoms with Crippen LogP contribution in [0.2, 0.25) is 0 Å². The number of esters is 1. The molecule has 1 aromatic carbocycles. The highest BCUT2D eigenvalue weighted by atomic mass is 16.5. The average Bonchev–Trinajstić information content (AvgIpc) is 3.00. The van der Waals surface area contributed by atoms with Crippen LogP contribution in [0.1, 0.15) is 71.8 Å². The third-order valence-corrected chi connectivity index (χ3v) is 6.13. The fraction of sp³-hybridized carbons (Fsp3) is 0.571. The van der Waals surface area contributed by atoms with Gasteiger partial charge in [0, 0.05) is 18.8 Å². The Morgan fingerprint density at radius 3 is 2.61 bits per heavy atom. The van der Waals surface area contributed by atoms with Gasteiger partial charge < -0.3 is 4.74 Å². The highest BCUT2D eigenvalue weighted by molar-refractivity contribution is 5.84. The normalized spacial score (nSPS) is 22.6. The lowest BCUT2D eigenvalue weighted by atomic mass is 9.86. The molecule has 3 nitrogen and oxygen atoms in total. The van der Waals surface area contributed by atoms with Crippen LogP contribution in [0.25, 0.3) is 0 Å². The molecule has 0 spiro atoms. The van der Waals surface area contributed by atoms with E-state index in [1.54, 1.807) is 0 Å². The van der Waals surface area contributed by atoms with Crippen LogP contribution >= 0.6 is 0 Å². The zero-order chi connectivity index (χ0) is 22.6. The number of allylic oxidation sites excluding steroid dienone is 4. The topological polar surface area (TPSA) is 43.4 Å². The van der Waals surface area contributed by atoms with Crippen molar-refractivity contribution in [2.75, 3.05) is 0 Å². The third-order valence-electron chi connectivity index (χ3n) is 6.13. The average molecular weight is 425 g/mol. The van der Waals surface area contributed by atoms with Crippen LogP contribution in [0.3, 0.4) is 0 Å². The molecule has 1 saturated carbocycles. The number of Topliss-reactive ketones (excluding diaryl/α,β-unsaturated/α-hetero) is 1. The summed E-state index contributed by atoms with van der Waals surface area (Å²) in [5, 5.41) is 0. The van der Waals surface area contributed by atoms with Gasteiger partial charge in [-0.05, 0) is 69.3 Å². The Bertz CT molecular complexity index is 732. The van der Waals surface area contributed by atoms with Gasteiger partial charge in [0.05, 0.1) is 6.10 Å². The lowest BCUT2D eigenvalue weighted by molar-refractivity contribution is -0.147. The number of benzene rings is 1. The maximum absolute atomic E-state index is 12.5. The second-order valence-electron chi connectivity index (χ2n) is 9.36. The Labute approximate surface area is 189 Å². The highest BCUT2D eigenvalue weighted by Gasteiger charge is 2.37. The van der Waals surface area contributed by atoms with E-state index >= 15 is 0 Å². The van der Waals surface area contributed by atoms with Crippen molar-refractivity contribution in [3.8, 4) is 0 Å². The molecule has 1 aromatic rings. The summed E-state index contributed by atoms with van der Waals surface area (Å²) in [6.45, 7) is 8.20. The molecule has 31 heavy (non-hydrogen) atoms. The maximum atomic E-state index is 12.5. The zero-order valence-corrected chi connectivity index (χ0v) is 19.8. The first kappa shape index (κ1) is 25.1. The fourth-order valence-corrected chi connectivity index (χ4v) is 4.33. The lowest BCUT2D eigenvalue weighted by Gasteiger charge is -2.17. The molecule has 0 saturated heterocycles. The first-order valence-electron chi connectivity index (χ1n) is 12.0. The van der Waals surface area contributed by atoms with Crippen LogP contribution in [-0.4, -0.2) is 17.9 Å². The van der Waals surface area contributed by atoms with Gasteiger partial charge >= 0.3 is 5.97 Å². The molecular weight excluding hydrogens is 384 g/mol. The molecule has 3 heteroatoms. The molecule has 4 atom stereocenters. The number of carbonyl (C=O) groups excluding carboxylic acids is 2. The molecule has 0 aromatic heterocycles. The van der Waals surface area contributed by atoms with Crippen molar-refractivity contribution in [1.82, 2.24) is 0 Å². The molecule has 1 aliphatic carbocycles. The number of hydrogen-bond donors (Lipinski definition) is 0. The zero-order valence-electron chi connectivity index (χ0n) is 19.8. The van der Waals surface area contributed by atoms with E-state index in [1.807, 2.05) is 13.8 Å². The Kier molecular flexibility index (Phi) is 10.8. The van der Waals surface area contributed by atoms with Crippen molar-refractivity contribution >= 4 is 11.8 Å². The van der Waals surface area contributed by atoms with Gasteiger partial charge in [0.25, 0.3) is 0 Å². The Hall–Kier alpha value is -2.16. The first-order chi connectivity index (χ1) is 14.9. The molecule has 0 heterocycles. The van der Waals surface area contributed by atoms with Crippen molar-refractivity contribution in [2.24, 2.45) is 23.7 Å². The lowest BCUT2D eigenvalue weighted by Crippen LogP contribution is -2.14. The van der Waals surface area contributed by atoms with Gasteiger partial charge in [0.2, 0.25) is 0 Å². The summed E-state index contributed by atoms with van der Waals surface area (Å²) in [4.78, 5) is 24.1. The van der Waals surface area contributed by atoms with E-state index in [2.05, 4.69) is 68.5 Å². The summed E-state index contributed by atoms with van der Waals surface area (Å²) < 4.78 is 5.15. The van der Waals surface area contributed by atoms with Gasteiger partial charge in [-0.15, -0.1) is 0 Å². The third kappa shape index (κ3) is 9.25. The minimum atomic E-state index is -0.130. The number of ether oxygens (including phenoxy) is 1. The van der Waals surface area contributed by atoms with Crippen LogP contribution in [0, 0.1) is 23.7 Å². The summed E-state index contributed by atoms with van der Waals surface area (Å²) >= 11 is 0. The van der Waals surface area contributed by atoms with E-state index in [9.17, 15) is 9.59 Å². The summed E-state index contributed by atoms with van der Waals surface area (Å²) in [6, 6.07) is 10.6. The molecule has 1 aliphatic rings. The monoisotopic (exact) mass is 424 g/mol. The number of unbranched alkanes of at least 4 members (excludes halogenated alkanes) is 1. The number of rotatable bonds is 12. The molecule has 0 radical (unpaired) electrons. The number of aryl methyl sites for hydroxylation is 1. The second-order valence-corrected chi connectivity index (χ2v) is 9.36. The summed E-state index contributed by atoms with van der Waals surface area (Å²) in [5.41, 5.74) is 1.38. The molecule has 170 valence electrons. The maximum Gasteiger partial charge on any atom is 0.306 e. The van der Waals surface area contributed by atoms with Crippen LogP contribution < -0.4 is 0 Å². The van der Waals surface area contributed by atoms with Crippen LogP contribution in [0.4, 0.5) is 0 Å². The largest absolute Gasteiger partial charge is 0.463 e. The molecule has 0 N–H and O–H groups in total. The van der Waals surface area contributed by atoms with Gasteiger partial charge in [-0.3, -0.25) is 9.59 Å². The van der Waals surface area contributed by atoms with E-state index in [1.165, 1.54) is 5.56 Å². The number of hydrogen-bond acceptors (Lipinski definition) is 3. The van der Waals surface area contributed by atoms with E-state index in [4.69, 9.17) is 4.74 Å². The highest BCUT2D eigenvalue weighted by Crippen LogP contribution is 2.37. The summed E-state index contributed by atoms with van der Waals surface area (Å²) in [5.74, 6) is 1.60. The molecule has 0 aliphatic heterocycles. The van der Waals surface area contributed by atoms with E-state index in [0.29, 0.717) is 36.4 Å². The molecule has 1 fully saturated rings. The van der Waals surface area contributed by atoms with Crippen LogP contribution in [0.5, 0.6) is 0 Å². The summed E-state index contributed by atoms with van der Waals surface area (Å²) in [6.07, 6.45) is 14.6. The second kappa shape index (κ2) is 13.3. The van der Waals surface area contributed by atoms with Gasteiger partial charge in [-0.2, -0.15) is 0 Å². The van der Waals surface area contributed by atoms with Crippen LogP contribution in [0.15, 0.2) is 54.6 Å². The smallest absolute Gasteiger partial charge is 0.306 e. The van der Waals surface area contributed by atoms with Gasteiger partial charge in [0.15, 0.2) is 0 Å². The molecular formula is C28H40O3. The molecule has 3 unspecified atom stereocenters. The van der Waals surface area contributed by atoms with Crippen molar-refractivity contribution in [1.29, 1.82) is 0 Å². The van der Waals surface area contributed by atoms with E-state index in [0.717, 1.165) is 32.1 Å². The predicted octanol–water partition coefficient (Wildman–Crippen LogP) is 6.72. The standard InChI is InChI=1S/C28H40O3/c1-21(2)31-28(30)15-11-6-5-10-14-26-25(23(4)20-27(26)29)19-17-22(3)16-18-24-12-8-7-9-13-24/h5,7-10,12-13,17,19,21-23,25-26H,6,11,14-16,18,20H2,1-4H3/b10-5-,19-17+/t22?,23?,25-,26?/m0/s1. The van der Waals surface area contributed by atoms with E-state index < -0.39 is 0 Å². The quantitative estimate of drug-likeness (QED) is 0.212. The molecule has 0 amide bonds. The van der Waals surface area contributed by atoms with Crippen molar-refractivity contribution in [3.05, 3.63) is 60.2 Å². The predicted molar refractivity (Wildman–Crippen MR) is 128 cm³/mol. The van der Waals surface area contributed by atoms with Crippen molar-refractivity contribution in [3.63, 3.8) is 0 Å². The molecule has 0 bridgehead atoms. The van der Waals surface area contributed by atoms with Gasteiger partial charge in [-0.25, -0.2) is 0 Å². The van der Waals surface area contributed by atoms with Gasteiger partial charge in [0.1, 0.15) is 5.78 Å². The van der Waals surface area contributed by atoms with Crippen molar-refractivity contribution in [2.45, 2.75) is 78.7 Å². The molecule has 2 rings (SSSR count). The fourth-order valence-electron chi connectivity index (χ4n) is 4.33. The Balaban J connectivity index is 1.77. The minimum absolute atomic E-state index is 0.0514. The van der Waals surface area contributed by atoms with Crippen molar-refractivity contribution < 1.29 is 14.3 Å². The summed E-state index contributed by atoms with van der Waals surface area (Å²) in [7, 11) is 0. The Morgan fingerprint density at radius 1 is 1.16 bits per heavy atom. The van der Waals surface area contributed by atoms with E-state index in [-0.39, 0.29) is 18.0 Å². The van der Waals surface area contributed by atoms with Crippen LogP contribution in [-0.2, 0) is 20.7 Å². The minimum Gasteiger partial charge on any atom is -0.463 e. The number of carbonyl (C=O) groups is 2. The SMILES string of the molecule is CC(/C=C/[C@H]1C(C)CC(=O)C1C/C=C\CCCC(=O)OC(C)C)CCc1ccccc1. The Morgan fingerprint density at radius 2 is 1.90 bits per heavy atom. The first-order valence-corrected chi connectivity index (χ1v) is 12.0. The number of ketones is 1.